The van der Waals surface area contributed by atoms with Gasteiger partial charge in [-0.1, -0.05) is 25.1 Å². The Hall–Kier alpha value is -1.56. The summed E-state index contributed by atoms with van der Waals surface area (Å²) in [6.45, 7) is 2.90. The second kappa shape index (κ2) is 7.00. The average Bonchev–Trinajstić information content (AvgIpc) is 2.37. The Morgan fingerprint density at radius 2 is 2.00 bits per heavy atom. The van der Waals surface area contributed by atoms with E-state index in [1.807, 2.05) is 6.92 Å². The first-order valence-corrected chi connectivity index (χ1v) is 7.53. The van der Waals surface area contributed by atoms with Gasteiger partial charge in [0.1, 0.15) is 0 Å². The van der Waals surface area contributed by atoms with Crippen LogP contribution in [0, 0.1) is 0 Å². The first-order chi connectivity index (χ1) is 8.56. The van der Waals surface area contributed by atoms with Crippen molar-refractivity contribution >= 4 is 15.8 Å². The molecule has 6 heteroatoms. The van der Waals surface area contributed by atoms with Crippen LogP contribution in [0.5, 0.6) is 0 Å². The molecule has 0 aliphatic heterocycles. The summed E-state index contributed by atoms with van der Waals surface area (Å²) in [5.74, 6) is 0.291. The number of nitrogens with one attached hydrogen (secondary N) is 1. The molecule has 0 aliphatic rings. The molecule has 0 saturated heterocycles. The van der Waals surface area contributed by atoms with E-state index in [0.29, 0.717) is 17.4 Å². The van der Waals surface area contributed by atoms with Gasteiger partial charge in [0.2, 0.25) is 0 Å². The molecule has 0 spiro atoms. The van der Waals surface area contributed by atoms with E-state index in [4.69, 9.17) is 5.73 Å². The predicted octanol–water partition coefficient (Wildman–Crippen LogP) is 0.775. The number of hydrogen-bond acceptors (Lipinski definition) is 3. The second-order valence-electron chi connectivity index (χ2n) is 3.83. The Morgan fingerprint density at radius 3 is 2.61 bits per heavy atom. The van der Waals surface area contributed by atoms with Crippen LogP contribution >= 0.6 is 0 Å². The highest BCUT2D eigenvalue weighted by Gasteiger charge is 2.12. The van der Waals surface area contributed by atoms with E-state index in [0.717, 1.165) is 6.42 Å². The monoisotopic (exact) mass is 269 g/mol. The summed E-state index contributed by atoms with van der Waals surface area (Å²) in [6, 6.07) is 8.37. The minimum atomic E-state index is -3.25. The fourth-order valence-electron chi connectivity index (χ4n) is 1.35. The van der Waals surface area contributed by atoms with Crippen molar-refractivity contribution < 1.29 is 8.42 Å². The fourth-order valence-corrected chi connectivity index (χ4v) is 2.53. The summed E-state index contributed by atoms with van der Waals surface area (Å²) in [5.41, 5.74) is 5.57. The lowest BCUT2D eigenvalue weighted by molar-refractivity contribution is 0.595. The molecule has 0 atom stereocenters. The third kappa shape index (κ3) is 4.75. The van der Waals surface area contributed by atoms with Crippen molar-refractivity contribution in [1.29, 1.82) is 0 Å². The minimum absolute atomic E-state index is 0.000637. The lowest BCUT2D eigenvalue weighted by Crippen LogP contribution is -2.35. The zero-order valence-electron chi connectivity index (χ0n) is 10.5. The number of guanidine groups is 1. The molecule has 0 fully saturated rings. The molecule has 1 aromatic carbocycles. The Bertz CT molecular complexity index is 483. The van der Waals surface area contributed by atoms with E-state index in [9.17, 15) is 8.42 Å². The predicted molar refractivity (Wildman–Crippen MR) is 73.3 cm³/mol. The third-order valence-electron chi connectivity index (χ3n) is 2.28. The van der Waals surface area contributed by atoms with Gasteiger partial charge in [0.15, 0.2) is 15.8 Å². The SMILES string of the molecule is CCCN=C(N)NCCS(=O)(=O)c1ccccc1. The molecule has 0 amide bonds. The van der Waals surface area contributed by atoms with E-state index in [1.54, 1.807) is 30.3 Å². The van der Waals surface area contributed by atoms with Gasteiger partial charge in [-0.3, -0.25) is 4.99 Å². The molecule has 0 radical (unpaired) electrons. The van der Waals surface area contributed by atoms with E-state index >= 15 is 0 Å². The Labute approximate surface area is 108 Å². The van der Waals surface area contributed by atoms with Crippen LogP contribution in [0.1, 0.15) is 13.3 Å². The molecular formula is C12H19N3O2S. The van der Waals surface area contributed by atoms with Crippen LogP contribution in [0.3, 0.4) is 0 Å². The molecule has 0 bridgehead atoms. The maximum atomic E-state index is 11.9. The van der Waals surface area contributed by atoms with E-state index in [1.165, 1.54) is 0 Å². The van der Waals surface area contributed by atoms with E-state index in [2.05, 4.69) is 10.3 Å². The minimum Gasteiger partial charge on any atom is -0.370 e. The maximum absolute atomic E-state index is 11.9. The summed E-state index contributed by atoms with van der Waals surface area (Å²) in [6.07, 6.45) is 0.907. The van der Waals surface area contributed by atoms with E-state index in [-0.39, 0.29) is 12.3 Å². The molecule has 5 nitrogen and oxygen atoms in total. The van der Waals surface area contributed by atoms with Gasteiger partial charge in [-0.05, 0) is 18.6 Å². The molecule has 0 heterocycles. The van der Waals surface area contributed by atoms with Crippen LogP contribution < -0.4 is 11.1 Å². The van der Waals surface area contributed by atoms with Crippen LogP contribution in [0.25, 0.3) is 0 Å². The third-order valence-corrected chi connectivity index (χ3v) is 4.02. The lowest BCUT2D eigenvalue weighted by atomic mass is 10.4. The van der Waals surface area contributed by atoms with Crippen LogP contribution in [-0.4, -0.2) is 33.2 Å². The number of nitrogens with two attached hydrogens (primary N) is 1. The standard InChI is InChI=1S/C12H19N3O2S/c1-2-8-14-12(13)15-9-10-18(16,17)11-6-4-3-5-7-11/h3-7H,2,8-10H2,1H3,(H3,13,14,15). The number of aliphatic imine (C=N–C) groups is 1. The van der Waals surface area contributed by atoms with Gasteiger partial charge in [-0.2, -0.15) is 0 Å². The normalized spacial score (nSPS) is 12.4. The molecule has 0 unspecified atom stereocenters. The first kappa shape index (κ1) is 14.5. The van der Waals surface area contributed by atoms with Gasteiger partial charge < -0.3 is 11.1 Å². The lowest BCUT2D eigenvalue weighted by Gasteiger charge is -2.06. The highest BCUT2D eigenvalue weighted by atomic mass is 32.2. The highest BCUT2D eigenvalue weighted by Crippen LogP contribution is 2.08. The quantitative estimate of drug-likeness (QED) is 0.590. The van der Waals surface area contributed by atoms with Crippen molar-refractivity contribution in [3.8, 4) is 0 Å². The molecule has 3 N–H and O–H groups in total. The van der Waals surface area contributed by atoms with Crippen molar-refractivity contribution in [3.63, 3.8) is 0 Å². The maximum Gasteiger partial charge on any atom is 0.188 e. The van der Waals surface area contributed by atoms with Crippen molar-refractivity contribution in [3.05, 3.63) is 30.3 Å². The van der Waals surface area contributed by atoms with Crippen LogP contribution in [0.4, 0.5) is 0 Å². The second-order valence-corrected chi connectivity index (χ2v) is 5.93. The Kier molecular flexibility index (Phi) is 5.64. The van der Waals surface area contributed by atoms with Crippen molar-refractivity contribution in [2.45, 2.75) is 18.2 Å². The van der Waals surface area contributed by atoms with Gasteiger partial charge in [0.25, 0.3) is 0 Å². The van der Waals surface area contributed by atoms with Crippen LogP contribution in [0.15, 0.2) is 40.2 Å². The Balaban J connectivity index is 2.49. The molecule has 1 rings (SSSR count). The Morgan fingerprint density at radius 1 is 1.33 bits per heavy atom. The number of hydrogen-bond donors (Lipinski definition) is 2. The topological polar surface area (TPSA) is 84.5 Å². The van der Waals surface area contributed by atoms with Crippen molar-refractivity contribution in [1.82, 2.24) is 5.32 Å². The molecule has 100 valence electrons. The molecule has 0 aliphatic carbocycles. The van der Waals surface area contributed by atoms with Crippen molar-refractivity contribution in [2.75, 3.05) is 18.8 Å². The van der Waals surface area contributed by atoms with E-state index < -0.39 is 9.84 Å². The van der Waals surface area contributed by atoms with Gasteiger partial charge in [0, 0.05) is 13.1 Å². The molecule has 1 aromatic rings. The molecule has 0 aromatic heterocycles. The number of nitrogens with zero attached hydrogens (tertiary/aromatic N) is 1. The average molecular weight is 269 g/mol. The van der Waals surface area contributed by atoms with Gasteiger partial charge in [-0.25, -0.2) is 8.42 Å². The smallest absolute Gasteiger partial charge is 0.188 e. The number of benzene rings is 1. The largest absolute Gasteiger partial charge is 0.370 e. The first-order valence-electron chi connectivity index (χ1n) is 5.88. The zero-order valence-corrected chi connectivity index (χ0v) is 11.3. The summed E-state index contributed by atoms with van der Waals surface area (Å²) >= 11 is 0. The fraction of sp³-hybridized carbons (Fsp3) is 0.417. The van der Waals surface area contributed by atoms with Gasteiger partial charge in [0.05, 0.1) is 10.6 Å². The van der Waals surface area contributed by atoms with Gasteiger partial charge >= 0.3 is 0 Å². The zero-order chi connectivity index (χ0) is 13.4. The summed E-state index contributed by atoms with van der Waals surface area (Å²) in [7, 11) is -3.25. The van der Waals surface area contributed by atoms with Crippen LogP contribution in [-0.2, 0) is 9.84 Å². The molecule has 0 saturated carbocycles. The molecular weight excluding hydrogens is 250 g/mol. The van der Waals surface area contributed by atoms with Crippen molar-refractivity contribution in [2.24, 2.45) is 10.7 Å². The number of sulfone groups is 1. The summed E-state index contributed by atoms with van der Waals surface area (Å²) < 4.78 is 23.8. The molecule has 18 heavy (non-hydrogen) atoms. The van der Waals surface area contributed by atoms with Gasteiger partial charge in [-0.15, -0.1) is 0 Å². The number of rotatable bonds is 6. The van der Waals surface area contributed by atoms with Crippen LogP contribution in [0.2, 0.25) is 0 Å². The summed E-state index contributed by atoms with van der Waals surface area (Å²) in [4.78, 5) is 4.35. The highest BCUT2D eigenvalue weighted by molar-refractivity contribution is 7.91. The summed E-state index contributed by atoms with van der Waals surface area (Å²) in [5, 5.41) is 2.79.